The van der Waals surface area contributed by atoms with Gasteiger partial charge < -0.3 is 4.74 Å². The molecule has 0 saturated carbocycles. The van der Waals surface area contributed by atoms with E-state index in [-0.39, 0.29) is 5.82 Å². The van der Waals surface area contributed by atoms with E-state index in [1.807, 2.05) is 6.92 Å². The molecule has 12 heavy (non-hydrogen) atoms. The third-order valence-corrected chi connectivity index (χ3v) is 1.53. The van der Waals surface area contributed by atoms with Crippen LogP contribution < -0.4 is 4.74 Å². The second kappa shape index (κ2) is 4.31. The van der Waals surface area contributed by atoms with Crippen LogP contribution >= 0.6 is 11.6 Å². The summed E-state index contributed by atoms with van der Waals surface area (Å²) in [7, 11) is 0. The Balaban J connectivity index is 2.72. The number of ether oxygens (including phenoxy) is 1. The van der Waals surface area contributed by atoms with Crippen molar-refractivity contribution in [1.29, 1.82) is 0 Å². The first-order valence-corrected chi connectivity index (χ1v) is 4.19. The first kappa shape index (κ1) is 9.33. The smallest absolute Gasteiger partial charge is 0.128 e. The summed E-state index contributed by atoms with van der Waals surface area (Å²) in [6.07, 6.45) is 0.897. The molecule has 0 radical (unpaired) electrons. The lowest BCUT2D eigenvalue weighted by molar-refractivity contribution is 0.316. The highest BCUT2D eigenvalue weighted by Crippen LogP contribution is 2.19. The van der Waals surface area contributed by atoms with Crippen LogP contribution in [0.2, 0.25) is 5.02 Å². The molecule has 1 aromatic rings. The Bertz CT molecular complexity index is 242. The number of rotatable bonds is 3. The Hall–Kier alpha value is -0.760. The van der Waals surface area contributed by atoms with Crippen molar-refractivity contribution in [2.24, 2.45) is 0 Å². The van der Waals surface area contributed by atoms with Gasteiger partial charge in [-0.2, -0.15) is 0 Å². The topological polar surface area (TPSA) is 9.23 Å². The molecule has 0 amide bonds. The van der Waals surface area contributed by atoms with Gasteiger partial charge in [-0.3, -0.25) is 0 Å². The van der Waals surface area contributed by atoms with Crippen molar-refractivity contribution in [3.05, 3.63) is 29.0 Å². The quantitative estimate of drug-likeness (QED) is 0.708. The highest BCUT2D eigenvalue weighted by atomic mass is 35.5. The maximum absolute atomic E-state index is 12.7. The van der Waals surface area contributed by atoms with E-state index in [0.29, 0.717) is 17.4 Å². The summed E-state index contributed by atoms with van der Waals surface area (Å²) in [6.45, 7) is 2.57. The predicted octanol–water partition coefficient (Wildman–Crippen LogP) is 3.27. The Labute approximate surface area is 76.1 Å². The molecule has 0 fully saturated rings. The van der Waals surface area contributed by atoms with Crippen molar-refractivity contribution in [2.75, 3.05) is 6.61 Å². The van der Waals surface area contributed by atoms with Gasteiger partial charge in [-0.1, -0.05) is 18.5 Å². The molecule has 1 aromatic carbocycles. The third-order valence-electron chi connectivity index (χ3n) is 1.31. The van der Waals surface area contributed by atoms with Crippen LogP contribution in [0.4, 0.5) is 4.39 Å². The van der Waals surface area contributed by atoms with Crippen LogP contribution in [0.5, 0.6) is 5.75 Å². The molecule has 1 rings (SSSR count). The molecule has 0 aliphatic carbocycles. The fourth-order valence-electron chi connectivity index (χ4n) is 0.832. The average molecular weight is 189 g/mol. The Morgan fingerprint density at radius 1 is 1.42 bits per heavy atom. The lowest BCUT2D eigenvalue weighted by Crippen LogP contribution is -1.95. The van der Waals surface area contributed by atoms with Gasteiger partial charge in [0.25, 0.3) is 0 Å². The normalized spacial score (nSPS) is 9.92. The molecule has 66 valence electrons. The zero-order chi connectivity index (χ0) is 8.97. The largest absolute Gasteiger partial charge is 0.493 e. The summed E-state index contributed by atoms with van der Waals surface area (Å²) in [4.78, 5) is 0. The number of halogens is 2. The first-order chi connectivity index (χ1) is 5.72. The van der Waals surface area contributed by atoms with Crippen LogP contribution in [-0.2, 0) is 0 Å². The van der Waals surface area contributed by atoms with Gasteiger partial charge in [0.15, 0.2) is 0 Å². The van der Waals surface area contributed by atoms with Crippen LogP contribution in [0.15, 0.2) is 18.2 Å². The molecule has 0 atom stereocenters. The van der Waals surface area contributed by atoms with E-state index in [1.54, 1.807) is 6.07 Å². The average Bonchev–Trinajstić information content (AvgIpc) is 1.99. The molecule has 1 nitrogen and oxygen atoms in total. The van der Waals surface area contributed by atoms with Crippen LogP contribution in [0.3, 0.4) is 0 Å². The van der Waals surface area contributed by atoms with Crippen LogP contribution in [0.1, 0.15) is 13.3 Å². The van der Waals surface area contributed by atoms with E-state index in [1.165, 1.54) is 12.1 Å². The second-order valence-electron chi connectivity index (χ2n) is 2.45. The summed E-state index contributed by atoms with van der Waals surface area (Å²) in [5.74, 6) is 0.121. The van der Waals surface area contributed by atoms with Crippen molar-refractivity contribution >= 4 is 11.6 Å². The van der Waals surface area contributed by atoms with Gasteiger partial charge in [0, 0.05) is 11.1 Å². The lowest BCUT2D eigenvalue weighted by atomic mass is 10.3. The monoisotopic (exact) mass is 188 g/mol. The molecule has 0 aliphatic heterocycles. The molecule has 3 heteroatoms. The van der Waals surface area contributed by atoms with E-state index in [9.17, 15) is 4.39 Å². The SMILES string of the molecule is CCCOc1cc(F)cc(Cl)c1. The number of hydrogen-bond donors (Lipinski definition) is 0. The highest BCUT2D eigenvalue weighted by Gasteiger charge is 1.98. The van der Waals surface area contributed by atoms with Crippen LogP contribution in [0, 0.1) is 5.82 Å². The maximum atomic E-state index is 12.7. The molecule has 0 heterocycles. The van der Waals surface area contributed by atoms with E-state index in [2.05, 4.69) is 0 Å². The molecule has 0 unspecified atom stereocenters. The molecule has 0 aliphatic rings. The van der Waals surface area contributed by atoms with Gasteiger partial charge in [-0.15, -0.1) is 0 Å². The maximum Gasteiger partial charge on any atom is 0.128 e. The first-order valence-electron chi connectivity index (χ1n) is 3.81. The highest BCUT2D eigenvalue weighted by molar-refractivity contribution is 6.30. The fraction of sp³-hybridized carbons (Fsp3) is 0.333. The Kier molecular flexibility index (Phi) is 3.35. The van der Waals surface area contributed by atoms with E-state index in [0.717, 1.165) is 6.42 Å². The van der Waals surface area contributed by atoms with E-state index < -0.39 is 0 Å². The van der Waals surface area contributed by atoms with Crippen LogP contribution in [-0.4, -0.2) is 6.61 Å². The minimum atomic E-state index is -0.367. The van der Waals surface area contributed by atoms with Crippen LogP contribution in [0.25, 0.3) is 0 Å². The number of benzene rings is 1. The van der Waals surface area contributed by atoms with Gasteiger partial charge in [0.2, 0.25) is 0 Å². The molecule has 0 spiro atoms. The number of hydrogen-bond acceptors (Lipinski definition) is 1. The zero-order valence-electron chi connectivity index (χ0n) is 6.81. The van der Waals surface area contributed by atoms with Crippen molar-refractivity contribution < 1.29 is 9.13 Å². The molecule has 0 N–H and O–H groups in total. The summed E-state index contributed by atoms with van der Waals surface area (Å²) >= 11 is 5.61. The lowest BCUT2D eigenvalue weighted by Gasteiger charge is -2.04. The van der Waals surface area contributed by atoms with Crippen molar-refractivity contribution in [2.45, 2.75) is 13.3 Å². The third kappa shape index (κ3) is 2.70. The minimum absolute atomic E-state index is 0.362. The molecular weight excluding hydrogens is 179 g/mol. The second-order valence-corrected chi connectivity index (χ2v) is 2.89. The molecule has 0 bridgehead atoms. The minimum Gasteiger partial charge on any atom is -0.493 e. The Morgan fingerprint density at radius 2 is 2.17 bits per heavy atom. The van der Waals surface area contributed by atoms with Crippen molar-refractivity contribution in [3.63, 3.8) is 0 Å². The Morgan fingerprint density at radius 3 is 2.75 bits per heavy atom. The summed E-state index contributed by atoms with van der Waals surface area (Å²) in [5, 5.41) is 0.362. The standard InChI is InChI=1S/C9H10ClFO/c1-2-3-12-9-5-7(10)4-8(11)6-9/h4-6H,2-3H2,1H3. The van der Waals surface area contributed by atoms with Gasteiger partial charge in [-0.25, -0.2) is 4.39 Å². The fourth-order valence-corrected chi connectivity index (χ4v) is 1.04. The van der Waals surface area contributed by atoms with Gasteiger partial charge >= 0.3 is 0 Å². The van der Waals surface area contributed by atoms with Gasteiger partial charge in [0.05, 0.1) is 6.61 Å². The van der Waals surface area contributed by atoms with E-state index >= 15 is 0 Å². The van der Waals surface area contributed by atoms with Gasteiger partial charge in [0.1, 0.15) is 11.6 Å². The molecular formula is C9H10ClFO. The zero-order valence-corrected chi connectivity index (χ0v) is 7.57. The van der Waals surface area contributed by atoms with E-state index in [4.69, 9.17) is 16.3 Å². The summed E-state index contributed by atoms with van der Waals surface area (Å²) in [5.41, 5.74) is 0. The van der Waals surface area contributed by atoms with Crippen molar-refractivity contribution in [1.82, 2.24) is 0 Å². The summed E-state index contributed by atoms with van der Waals surface area (Å²) < 4.78 is 17.9. The van der Waals surface area contributed by atoms with Crippen molar-refractivity contribution in [3.8, 4) is 5.75 Å². The summed E-state index contributed by atoms with van der Waals surface area (Å²) in [6, 6.07) is 4.17. The van der Waals surface area contributed by atoms with Gasteiger partial charge in [-0.05, 0) is 18.6 Å². The molecule has 0 aromatic heterocycles. The molecule has 0 saturated heterocycles. The predicted molar refractivity (Wildman–Crippen MR) is 47.2 cm³/mol.